The van der Waals surface area contributed by atoms with Gasteiger partial charge in [0.15, 0.2) is 0 Å². The molecule has 0 fully saturated rings. The number of thioether (sulfide) groups is 1. The van der Waals surface area contributed by atoms with Crippen LogP contribution in [0.5, 0.6) is 0 Å². The summed E-state index contributed by atoms with van der Waals surface area (Å²) < 4.78 is 6.73. The fraction of sp³-hybridized carbons (Fsp3) is 0.286. The Hall–Kier alpha value is -1.46. The second-order valence-electron chi connectivity index (χ2n) is 4.10. The lowest BCUT2D eigenvalue weighted by atomic mass is 10.3. The van der Waals surface area contributed by atoms with Gasteiger partial charge < -0.3 is 4.74 Å². The van der Waals surface area contributed by atoms with Crippen molar-refractivity contribution >= 4 is 29.3 Å². The first-order valence-corrected chi connectivity index (χ1v) is 7.54. The molecule has 0 aliphatic rings. The van der Waals surface area contributed by atoms with Gasteiger partial charge >= 0.3 is 5.97 Å². The largest absolute Gasteiger partial charge is 0.462 e. The molecule has 2 rings (SSSR count). The standard InChI is InChI=1S/C14H15ClN2O2S/c1-3-19-14(18)12-8-16-17(2)13(12)9-20-11-6-4-5-10(15)7-11/h4-8H,3,9H2,1-2H3. The first kappa shape index (κ1) is 14.9. The molecule has 0 bridgehead atoms. The second-order valence-corrected chi connectivity index (χ2v) is 5.58. The summed E-state index contributed by atoms with van der Waals surface area (Å²) in [7, 11) is 1.82. The molecule has 0 aliphatic carbocycles. The van der Waals surface area contributed by atoms with E-state index >= 15 is 0 Å². The molecule has 0 saturated heterocycles. The summed E-state index contributed by atoms with van der Waals surface area (Å²) in [5.41, 5.74) is 1.36. The van der Waals surface area contributed by atoms with Gasteiger partial charge in [-0.1, -0.05) is 17.7 Å². The average Bonchev–Trinajstić information content (AvgIpc) is 2.78. The molecule has 1 aromatic carbocycles. The maximum atomic E-state index is 11.8. The van der Waals surface area contributed by atoms with E-state index in [4.69, 9.17) is 16.3 Å². The molecule has 0 spiro atoms. The fourth-order valence-corrected chi connectivity index (χ4v) is 3.01. The molecule has 1 heterocycles. The topological polar surface area (TPSA) is 44.1 Å². The van der Waals surface area contributed by atoms with Crippen LogP contribution in [0.25, 0.3) is 0 Å². The Labute approximate surface area is 127 Å². The molecule has 6 heteroatoms. The van der Waals surface area contributed by atoms with E-state index in [0.29, 0.717) is 22.9 Å². The summed E-state index contributed by atoms with van der Waals surface area (Å²) in [6.45, 7) is 2.14. The molecule has 2 aromatic rings. The number of nitrogens with zero attached hydrogens (tertiary/aromatic N) is 2. The molecular formula is C14H15ClN2O2S. The highest BCUT2D eigenvalue weighted by molar-refractivity contribution is 7.98. The van der Waals surface area contributed by atoms with Gasteiger partial charge in [0.25, 0.3) is 0 Å². The average molecular weight is 311 g/mol. The summed E-state index contributed by atoms with van der Waals surface area (Å²) in [6, 6.07) is 7.61. The summed E-state index contributed by atoms with van der Waals surface area (Å²) in [4.78, 5) is 12.9. The predicted octanol–water partition coefficient (Wildman–Crippen LogP) is 3.54. The summed E-state index contributed by atoms with van der Waals surface area (Å²) in [5.74, 6) is 0.299. The van der Waals surface area contributed by atoms with Crippen molar-refractivity contribution in [2.75, 3.05) is 6.61 Å². The molecule has 0 N–H and O–H groups in total. The van der Waals surface area contributed by atoms with Crippen molar-refractivity contribution in [3.8, 4) is 0 Å². The van der Waals surface area contributed by atoms with Gasteiger partial charge in [-0.15, -0.1) is 11.8 Å². The van der Waals surface area contributed by atoms with Crippen molar-refractivity contribution in [2.24, 2.45) is 7.05 Å². The van der Waals surface area contributed by atoms with E-state index in [9.17, 15) is 4.79 Å². The van der Waals surface area contributed by atoms with Crippen LogP contribution in [0, 0.1) is 0 Å². The van der Waals surface area contributed by atoms with Gasteiger partial charge in [0.1, 0.15) is 5.56 Å². The van der Waals surface area contributed by atoms with E-state index in [1.165, 1.54) is 0 Å². The van der Waals surface area contributed by atoms with Gasteiger partial charge in [0, 0.05) is 22.7 Å². The Kier molecular flexibility index (Phi) is 5.09. The van der Waals surface area contributed by atoms with Gasteiger partial charge in [-0.3, -0.25) is 4.68 Å². The highest BCUT2D eigenvalue weighted by atomic mass is 35.5. The summed E-state index contributed by atoms with van der Waals surface area (Å²) in [6.07, 6.45) is 1.55. The van der Waals surface area contributed by atoms with Crippen molar-refractivity contribution < 1.29 is 9.53 Å². The monoisotopic (exact) mass is 310 g/mol. The van der Waals surface area contributed by atoms with E-state index < -0.39 is 0 Å². The summed E-state index contributed by atoms with van der Waals surface area (Å²) in [5, 5.41) is 4.83. The highest BCUT2D eigenvalue weighted by Gasteiger charge is 2.17. The van der Waals surface area contributed by atoms with E-state index in [-0.39, 0.29) is 5.97 Å². The number of aromatic nitrogens is 2. The quantitative estimate of drug-likeness (QED) is 0.626. The van der Waals surface area contributed by atoms with Crippen LogP contribution in [0.3, 0.4) is 0 Å². The smallest absolute Gasteiger partial charge is 0.341 e. The van der Waals surface area contributed by atoms with Crippen molar-refractivity contribution in [3.05, 3.63) is 46.7 Å². The number of aryl methyl sites for hydroxylation is 1. The third-order valence-corrected chi connectivity index (χ3v) is 3.97. The Balaban J connectivity index is 2.13. The SMILES string of the molecule is CCOC(=O)c1cnn(C)c1CSc1cccc(Cl)c1. The van der Waals surface area contributed by atoms with Crippen molar-refractivity contribution in [1.29, 1.82) is 0 Å². The van der Waals surface area contributed by atoms with Crippen LogP contribution in [0.4, 0.5) is 0 Å². The molecule has 0 amide bonds. The van der Waals surface area contributed by atoms with Crippen molar-refractivity contribution in [3.63, 3.8) is 0 Å². The van der Waals surface area contributed by atoms with Gasteiger partial charge in [0.2, 0.25) is 0 Å². The molecule has 20 heavy (non-hydrogen) atoms. The number of halogens is 1. The molecule has 0 saturated carbocycles. The number of carbonyl (C=O) groups excluding carboxylic acids is 1. The van der Waals surface area contributed by atoms with Crippen LogP contribution < -0.4 is 0 Å². The van der Waals surface area contributed by atoms with E-state index in [1.807, 2.05) is 31.3 Å². The van der Waals surface area contributed by atoms with E-state index in [2.05, 4.69) is 5.10 Å². The Morgan fingerprint density at radius 1 is 1.50 bits per heavy atom. The van der Waals surface area contributed by atoms with Gasteiger partial charge in [0.05, 0.1) is 18.5 Å². The van der Waals surface area contributed by atoms with Gasteiger partial charge in [-0.05, 0) is 25.1 Å². The van der Waals surface area contributed by atoms with Crippen LogP contribution in [-0.2, 0) is 17.5 Å². The predicted molar refractivity (Wildman–Crippen MR) is 80.2 cm³/mol. The van der Waals surface area contributed by atoms with Gasteiger partial charge in [-0.25, -0.2) is 4.79 Å². The maximum Gasteiger partial charge on any atom is 0.341 e. The zero-order valence-corrected chi connectivity index (χ0v) is 12.9. The second kappa shape index (κ2) is 6.81. The van der Waals surface area contributed by atoms with Crippen LogP contribution in [-0.4, -0.2) is 22.4 Å². The number of esters is 1. The first-order chi connectivity index (χ1) is 9.61. The Morgan fingerprint density at radius 3 is 3.00 bits per heavy atom. The number of rotatable bonds is 5. The molecule has 0 aliphatic heterocycles. The molecular weight excluding hydrogens is 296 g/mol. The number of carbonyl (C=O) groups is 1. The molecule has 0 unspecified atom stereocenters. The minimum absolute atomic E-state index is 0.331. The molecule has 106 valence electrons. The maximum absolute atomic E-state index is 11.8. The zero-order valence-electron chi connectivity index (χ0n) is 11.3. The number of hydrogen-bond donors (Lipinski definition) is 0. The lowest BCUT2D eigenvalue weighted by Crippen LogP contribution is -2.08. The number of benzene rings is 1. The Bertz CT molecular complexity index is 613. The number of hydrogen-bond acceptors (Lipinski definition) is 4. The van der Waals surface area contributed by atoms with Gasteiger partial charge in [-0.2, -0.15) is 5.10 Å². The fourth-order valence-electron chi connectivity index (χ4n) is 1.72. The molecule has 4 nitrogen and oxygen atoms in total. The normalized spacial score (nSPS) is 10.6. The third-order valence-electron chi connectivity index (χ3n) is 2.73. The van der Waals surface area contributed by atoms with Crippen molar-refractivity contribution in [2.45, 2.75) is 17.6 Å². The van der Waals surface area contributed by atoms with Crippen LogP contribution >= 0.6 is 23.4 Å². The minimum atomic E-state index is -0.331. The van der Waals surface area contributed by atoms with Crippen LogP contribution in [0.2, 0.25) is 5.02 Å². The van der Waals surface area contributed by atoms with E-state index in [0.717, 1.165) is 10.6 Å². The van der Waals surface area contributed by atoms with Crippen molar-refractivity contribution in [1.82, 2.24) is 9.78 Å². The van der Waals surface area contributed by atoms with E-state index in [1.54, 1.807) is 29.6 Å². The number of ether oxygens (including phenoxy) is 1. The first-order valence-electron chi connectivity index (χ1n) is 6.18. The highest BCUT2D eigenvalue weighted by Crippen LogP contribution is 2.26. The summed E-state index contributed by atoms with van der Waals surface area (Å²) >= 11 is 7.56. The molecule has 0 atom stereocenters. The Morgan fingerprint density at radius 2 is 2.30 bits per heavy atom. The van der Waals surface area contributed by atoms with Crippen LogP contribution in [0.1, 0.15) is 23.0 Å². The molecule has 1 aromatic heterocycles. The van der Waals surface area contributed by atoms with Crippen LogP contribution in [0.15, 0.2) is 35.4 Å². The molecule has 0 radical (unpaired) electrons. The zero-order chi connectivity index (χ0) is 14.5. The lowest BCUT2D eigenvalue weighted by Gasteiger charge is -2.06. The lowest BCUT2D eigenvalue weighted by molar-refractivity contribution is 0.0525. The minimum Gasteiger partial charge on any atom is -0.462 e. The third kappa shape index (κ3) is 3.55.